The molecule has 1 aliphatic heterocycles. The highest BCUT2D eigenvalue weighted by molar-refractivity contribution is 5.85. The lowest BCUT2D eigenvalue weighted by Gasteiger charge is -2.34. The Bertz CT molecular complexity index is 808. The lowest BCUT2D eigenvalue weighted by molar-refractivity contribution is -0.151. The minimum atomic E-state index is -1.03. The average Bonchev–Trinajstić information content (AvgIpc) is 2.65. The topological polar surface area (TPSA) is 66.8 Å². The van der Waals surface area contributed by atoms with Crippen molar-refractivity contribution >= 4 is 11.9 Å². The number of carboxylic acids is 1. The Morgan fingerprint density at radius 2 is 1.88 bits per heavy atom. The van der Waals surface area contributed by atoms with Crippen LogP contribution in [0.5, 0.6) is 5.75 Å². The van der Waals surface area contributed by atoms with Gasteiger partial charge < -0.3 is 14.7 Å². The van der Waals surface area contributed by atoms with E-state index in [9.17, 15) is 19.1 Å². The minimum absolute atomic E-state index is 0.148. The normalized spacial score (nSPS) is 16.0. The number of aliphatic carboxylic acids is 1. The van der Waals surface area contributed by atoms with Crippen LogP contribution in [0.4, 0.5) is 4.39 Å². The summed E-state index contributed by atoms with van der Waals surface area (Å²) in [5.41, 5.74) is 1.63. The van der Waals surface area contributed by atoms with Crippen LogP contribution in [0.3, 0.4) is 0 Å². The number of hydrogen-bond acceptors (Lipinski definition) is 3. The Morgan fingerprint density at radius 3 is 2.65 bits per heavy atom. The van der Waals surface area contributed by atoms with Crippen molar-refractivity contribution in [2.24, 2.45) is 0 Å². The van der Waals surface area contributed by atoms with Gasteiger partial charge in [-0.1, -0.05) is 36.4 Å². The average molecular weight is 357 g/mol. The lowest BCUT2D eigenvalue weighted by Crippen LogP contribution is -2.43. The number of amides is 1. The smallest absolute Gasteiger partial charge is 0.331 e. The molecule has 0 aromatic heterocycles. The van der Waals surface area contributed by atoms with Crippen LogP contribution in [-0.2, 0) is 16.0 Å². The van der Waals surface area contributed by atoms with E-state index in [2.05, 4.69) is 0 Å². The molecule has 3 rings (SSSR count). The second-order valence-corrected chi connectivity index (χ2v) is 6.16. The van der Waals surface area contributed by atoms with E-state index in [0.717, 1.165) is 5.56 Å². The summed E-state index contributed by atoms with van der Waals surface area (Å²) in [6.45, 7) is 0.565. The zero-order valence-electron chi connectivity index (χ0n) is 14.2. The number of halogens is 1. The first-order chi connectivity index (χ1) is 12.6. The molecular formula is C20H20FNO4. The maximum Gasteiger partial charge on any atom is 0.331 e. The van der Waals surface area contributed by atoms with Gasteiger partial charge in [0.2, 0.25) is 5.91 Å². The fourth-order valence-electron chi connectivity index (χ4n) is 3.21. The molecule has 5 nitrogen and oxygen atoms in total. The summed E-state index contributed by atoms with van der Waals surface area (Å²) in [5.74, 6) is -1.56. The van der Waals surface area contributed by atoms with E-state index in [1.54, 1.807) is 24.3 Å². The molecule has 2 aromatic carbocycles. The number of carboxylic acid groups (broad SMARTS) is 1. The first kappa shape index (κ1) is 17.9. The highest BCUT2D eigenvalue weighted by atomic mass is 19.1. The van der Waals surface area contributed by atoms with Crippen molar-refractivity contribution < 1.29 is 23.8 Å². The molecule has 1 amide bonds. The molecule has 1 N–H and O–H groups in total. The molecule has 0 bridgehead atoms. The lowest BCUT2D eigenvalue weighted by atomic mass is 9.92. The Morgan fingerprint density at radius 1 is 1.15 bits per heavy atom. The predicted octanol–water partition coefficient (Wildman–Crippen LogP) is 3.20. The Balaban J connectivity index is 1.59. The first-order valence-electron chi connectivity index (χ1n) is 8.55. The van der Waals surface area contributed by atoms with Crippen LogP contribution in [0.1, 0.15) is 30.0 Å². The number of fused-ring (bicyclic) bond motifs is 1. The second-order valence-electron chi connectivity index (χ2n) is 6.16. The number of rotatable bonds is 6. The van der Waals surface area contributed by atoms with E-state index >= 15 is 0 Å². The van der Waals surface area contributed by atoms with Crippen LogP contribution in [0.25, 0.3) is 0 Å². The minimum Gasteiger partial charge on any atom is -0.491 e. The third kappa shape index (κ3) is 3.85. The van der Waals surface area contributed by atoms with E-state index in [4.69, 9.17) is 4.74 Å². The summed E-state index contributed by atoms with van der Waals surface area (Å²) in [6, 6.07) is 12.4. The third-order valence-electron chi connectivity index (χ3n) is 4.47. The second kappa shape index (κ2) is 7.99. The number of nitrogens with zero attached hydrogens (tertiary/aromatic N) is 1. The van der Waals surface area contributed by atoms with E-state index < -0.39 is 17.8 Å². The van der Waals surface area contributed by atoms with E-state index in [1.165, 1.54) is 17.0 Å². The largest absolute Gasteiger partial charge is 0.491 e. The van der Waals surface area contributed by atoms with Gasteiger partial charge >= 0.3 is 5.97 Å². The van der Waals surface area contributed by atoms with Gasteiger partial charge in [0, 0.05) is 13.0 Å². The standard InChI is InChI=1S/C20H20FNO4/c21-16-8-3-4-9-17(16)26-13-5-10-18(23)22-12-11-14-6-1-2-7-15(14)19(22)20(24)25/h1-4,6-9,19H,5,10-13H2,(H,24,25). The van der Waals surface area contributed by atoms with Crippen molar-refractivity contribution in [1.29, 1.82) is 0 Å². The Labute approximate surface area is 151 Å². The van der Waals surface area contributed by atoms with Crippen molar-refractivity contribution in [3.05, 3.63) is 65.5 Å². The van der Waals surface area contributed by atoms with Crippen molar-refractivity contribution in [1.82, 2.24) is 4.90 Å². The van der Waals surface area contributed by atoms with E-state index in [0.29, 0.717) is 24.9 Å². The molecule has 1 heterocycles. The molecule has 136 valence electrons. The van der Waals surface area contributed by atoms with Crippen LogP contribution in [-0.4, -0.2) is 35.0 Å². The van der Waals surface area contributed by atoms with Crippen LogP contribution in [0.15, 0.2) is 48.5 Å². The van der Waals surface area contributed by atoms with Gasteiger partial charge in [-0.15, -0.1) is 0 Å². The van der Waals surface area contributed by atoms with Crippen LogP contribution in [0.2, 0.25) is 0 Å². The van der Waals surface area contributed by atoms with Crippen LogP contribution >= 0.6 is 0 Å². The molecule has 0 spiro atoms. The van der Waals surface area contributed by atoms with E-state index in [-0.39, 0.29) is 24.7 Å². The highest BCUT2D eigenvalue weighted by Gasteiger charge is 2.35. The molecular weight excluding hydrogens is 337 g/mol. The van der Waals surface area contributed by atoms with Gasteiger partial charge in [0.15, 0.2) is 17.6 Å². The molecule has 1 atom stereocenters. The quantitative estimate of drug-likeness (QED) is 0.807. The predicted molar refractivity (Wildman–Crippen MR) is 93.4 cm³/mol. The summed E-state index contributed by atoms with van der Waals surface area (Å²) >= 11 is 0. The summed E-state index contributed by atoms with van der Waals surface area (Å²) < 4.78 is 18.8. The number of benzene rings is 2. The van der Waals surface area contributed by atoms with Gasteiger partial charge in [0.1, 0.15) is 0 Å². The van der Waals surface area contributed by atoms with Gasteiger partial charge in [-0.25, -0.2) is 9.18 Å². The van der Waals surface area contributed by atoms with Crippen molar-refractivity contribution in [3.8, 4) is 5.75 Å². The van der Waals surface area contributed by atoms with Crippen LogP contribution < -0.4 is 4.74 Å². The van der Waals surface area contributed by atoms with Gasteiger partial charge in [-0.05, 0) is 36.1 Å². The summed E-state index contributed by atoms with van der Waals surface area (Å²) in [7, 11) is 0. The maximum absolute atomic E-state index is 13.5. The van der Waals surface area contributed by atoms with Crippen molar-refractivity contribution in [2.45, 2.75) is 25.3 Å². The maximum atomic E-state index is 13.5. The molecule has 1 aliphatic rings. The Hall–Kier alpha value is -2.89. The molecule has 6 heteroatoms. The summed E-state index contributed by atoms with van der Waals surface area (Å²) in [6.07, 6.45) is 1.18. The Kier molecular flexibility index (Phi) is 5.51. The third-order valence-corrected chi connectivity index (χ3v) is 4.47. The number of ether oxygens (including phenoxy) is 1. The number of carbonyl (C=O) groups excluding carboxylic acids is 1. The van der Waals surface area contributed by atoms with Gasteiger partial charge in [-0.2, -0.15) is 0 Å². The van der Waals surface area contributed by atoms with Gasteiger partial charge in [-0.3, -0.25) is 4.79 Å². The molecule has 0 saturated carbocycles. The summed E-state index contributed by atoms with van der Waals surface area (Å²) in [4.78, 5) is 25.7. The molecule has 0 fully saturated rings. The van der Waals surface area contributed by atoms with Gasteiger partial charge in [0.05, 0.1) is 6.61 Å². The number of para-hydroxylation sites is 1. The van der Waals surface area contributed by atoms with E-state index in [1.807, 2.05) is 12.1 Å². The van der Waals surface area contributed by atoms with Crippen molar-refractivity contribution in [3.63, 3.8) is 0 Å². The SMILES string of the molecule is O=C(O)C1c2ccccc2CCN1C(=O)CCCOc1ccccc1F. The fraction of sp³-hybridized carbons (Fsp3) is 0.300. The highest BCUT2D eigenvalue weighted by Crippen LogP contribution is 2.30. The molecule has 0 radical (unpaired) electrons. The zero-order valence-corrected chi connectivity index (χ0v) is 14.2. The van der Waals surface area contributed by atoms with Gasteiger partial charge in [0.25, 0.3) is 0 Å². The fourth-order valence-corrected chi connectivity index (χ4v) is 3.21. The monoisotopic (exact) mass is 357 g/mol. The van der Waals surface area contributed by atoms with Crippen molar-refractivity contribution in [2.75, 3.05) is 13.2 Å². The molecule has 0 aliphatic carbocycles. The molecule has 2 aromatic rings. The molecule has 1 unspecified atom stereocenters. The number of carbonyl (C=O) groups is 2. The molecule has 26 heavy (non-hydrogen) atoms. The number of hydrogen-bond donors (Lipinski definition) is 1. The van der Waals surface area contributed by atoms with Crippen LogP contribution in [0, 0.1) is 5.82 Å². The summed E-state index contributed by atoms with van der Waals surface area (Å²) in [5, 5.41) is 9.59. The zero-order chi connectivity index (χ0) is 18.5. The first-order valence-corrected chi connectivity index (χ1v) is 8.55. The molecule has 0 saturated heterocycles.